The molecule has 2 aromatic rings. The van der Waals surface area contributed by atoms with Gasteiger partial charge in [-0.1, -0.05) is 0 Å². The Balaban J connectivity index is 1.50. The van der Waals surface area contributed by atoms with E-state index in [4.69, 9.17) is 9.15 Å². The molecule has 2 heterocycles. The van der Waals surface area contributed by atoms with E-state index in [1.807, 2.05) is 0 Å². The fourth-order valence-electron chi connectivity index (χ4n) is 3.07. The lowest BCUT2D eigenvalue weighted by atomic mass is 10.2. The molecule has 1 unspecified atom stereocenters. The molecule has 1 atom stereocenters. The van der Waals surface area contributed by atoms with Crippen LogP contribution in [0.25, 0.3) is 0 Å². The predicted molar refractivity (Wildman–Crippen MR) is 103 cm³/mol. The van der Waals surface area contributed by atoms with Crippen LogP contribution in [-0.4, -0.2) is 47.8 Å². The second-order valence-electron chi connectivity index (χ2n) is 6.55. The molecule has 3 amide bonds. The molecule has 29 heavy (non-hydrogen) atoms. The molecule has 1 aromatic carbocycles. The van der Waals surface area contributed by atoms with E-state index in [1.54, 1.807) is 30.3 Å². The number of ether oxygens (including phenoxy) is 1. The highest BCUT2D eigenvalue weighted by Crippen LogP contribution is 2.21. The van der Waals surface area contributed by atoms with E-state index in [2.05, 4.69) is 10.6 Å². The zero-order valence-corrected chi connectivity index (χ0v) is 15.8. The highest BCUT2D eigenvalue weighted by Gasteiger charge is 2.36. The lowest BCUT2D eigenvalue weighted by molar-refractivity contribution is -0.151. The van der Waals surface area contributed by atoms with Crippen molar-refractivity contribution in [2.24, 2.45) is 0 Å². The van der Waals surface area contributed by atoms with Gasteiger partial charge in [-0.15, -0.1) is 0 Å². The predicted octanol–water partition coefficient (Wildman–Crippen LogP) is 2.02. The fourth-order valence-corrected chi connectivity index (χ4v) is 3.07. The molecule has 1 aliphatic heterocycles. The third kappa shape index (κ3) is 5.22. The van der Waals surface area contributed by atoms with Crippen LogP contribution in [0.2, 0.25) is 0 Å². The van der Waals surface area contributed by atoms with Gasteiger partial charge in [-0.25, -0.2) is 4.79 Å². The molecule has 1 saturated heterocycles. The lowest BCUT2D eigenvalue weighted by Crippen LogP contribution is -2.42. The number of esters is 1. The number of furan rings is 1. The standard InChI is InChI=1S/C20H21N3O6/c1-13(24)21-14-6-8-15(9-7-14)22-18(25)12-29-20(27)16-4-2-10-23(16)19(26)17-5-3-11-28-17/h3,5-9,11,16H,2,4,10,12H2,1H3,(H,21,24)(H,22,25). The molecule has 9 nitrogen and oxygen atoms in total. The van der Waals surface area contributed by atoms with Crippen LogP contribution in [0, 0.1) is 0 Å². The molecule has 9 heteroatoms. The normalized spacial score (nSPS) is 15.6. The van der Waals surface area contributed by atoms with E-state index in [1.165, 1.54) is 24.2 Å². The summed E-state index contributed by atoms with van der Waals surface area (Å²) in [6.07, 6.45) is 2.53. The van der Waals surface area contributed by atoms with Gasteiger partial charge in [-0.3, -0.25) is 14.4 Å². The molecule has 0 radical (unpaired) electrons. The second kappa shape index (κ2) is 9.05. The number of carbonyl (C=O) groups is 4. The minimum atomic E-state index is -0.739. The molecule has 1 fully saturated rings. The summed E-state index contributed by atoms with van der Waals surface area (Å²) in [6, 6.07) is 8.91. The number of hydrogen-bond donors (Lipinski definition) is 2. The number of amides is 3. The Hall–Kier alpha value is -3.62. The van der Waals surface area contributed by atoms with Gasteiger partial charge in [-0.05, 0) is 49.2 Å². The first-order valence-electron chi connectivity index (χ1n) is 9.12. The lowest BCUT2D eigenvalue weighted by Gasteiger charge is -2.22. The Morgan fingerprint density at radius 2 is 1.79 bits per heavy atom. The summed E-state index contributed by atoms with van der Waals surface area (Å²) in [5, 5.41) is 5.22. The van der Waals surface area contributed by atoms with Crippen LogP contribution in [0.4, 0.5) is 11.4 Å². The van der Waals surface area contributed by atoms with Crippen molar-refractivity contribution in [2.75, 3.05) is 23.8 Å². The molecule has 152 valence electrons. The second-order valence-corrected chi connectivity index (χ2v) is 6.55. The number of carbonyl (C=O) groups excluding carboxylic acids is 4. The van der Waals surface area contributed by atoms with E-state index in [0.29, 0.717) is 30.8 Å². The highest BCUT2D eigenvalue weighted by atomic mass is 16.5. The van der Waals surface area contributed by atoms with Crippen LogP contribution in [-0.2, 0) is 19.1 Å². The average molecular weight is 399 g/mol. The van der Waals surface area contributed by atoms with Gasteiger partial charge in [0.2, 0.25) is 5.91 Å². The van der Waals surface area contributed by atoms with Crippen molar-refractivity contribution in [2.45, 2.75) is 25.8 Å². The maximum atomic E-state index is 12.4. The largest absolute Gasteiger partial charge is 0.459 e. The van der Waals surface area contributed by atoms with E-state index in [-0.39, 0.29) is 17.6 Å². The Morgan fingerprint density at radius 3 is 2.41 bits per heavy atom. The number of nitrogens with one attached hydrogen (secondary N) is 2. The summed E-state index contributed by atoms with van der Waals surface area (Å²) < 4.78 is 10.2. The minimum Gasteiger partial charge on any atom is -0.459 e. The molecule has 0 aliphatic carbocycles. The zero-order chi connectivity index (χ0) is 20.8. The van der Waals surface area contributed by atoms with Crippen molar-refractivity contribution in [1.29, 1.82) is 0 Å². The number of benzene rings is 1. The molecular weight excluding hydrogens is 378 g/mol. The summed E-state index contributed by atoms with van der Waals surface area (Å²) in [7, 11) is 0. The van der Waals surface area contributed by atoms with Gasteiger partial charge in [0.05, 0.1) is 6.26 Å². The molecule has 1 aromatic heterocycles. The Bertz CT molecular complexity index is 891. The Kier molecular flexibility index (Phi) is 6.28. The van der Waals surface area contributed by atoms with Gasteiger partial charge in [0.1, 0.15) is 6.04 Å². The maximum Gasteiger partial charge on any atom is 0.329 e. The average Bonchev–Trinajstić information content (AvgIpc) is 3.38. The van der Waals surface area contributed by atoms with Crippen LogP contribution in [0.15, 0.2) is 47.1 Å². The smallest absolute Gasteiger partial charge is 0.329 e. The first-order valence-corrected chi connectivity index (χ1v) is 9.12. The van der Waals surface area contributed by atoms with Crippen molar-refractivity contribution in [1.82, 2.24) is 4.90 Å². The van der Waals surface area contributed by atoms with Crippen LogP contribution < -0.4 is 10.6 Å². The molecule has 2 N–H and O–H groups in total. The van der Waals surface area contributed by atoms with Crippen molar-refractivity contribution in [3.8, 4) is 0 Å². The Morgan fingerprint density at radius 1 is 1.10 bits per heavy atom. The highest BCUT2D eigenvalue weighted by molar-refractivity contribution is 5.96. The van der Waals surface area contributed by atoms with Gasteiger partial charge in [-0.2, -0.15) is 0 Å². The first kappa shape index (κ1) is 20.1. The third-order valence-corrected chi connectivity index (χ3v) is 4.35. The van der Waals surface area contributed by atoms with Crippen molar-refractivity contribution in [3.05, 3.63) is 48.4 Å². The number of rotatable bonds is 6. The molecule has 0 saturated carbocycles. The molecule has 3 rings (SSSR count). The van der Waals surface area contributed by atoms with Crippen LogP contribution >= 0.6 is 0 Å². The number of nitrogens with zero attached hydrogens (tertiary/aromatic N) is 1. The summed E-state index contributed by atoms with van der Waals surface area (Å²) in [4.78, 5) is 49.2. The van der Waals surface area contributed by atoms with Crippen LogP contribution in [0.3, 0.4) is 0 Å². The van der Waals surface area contributed by atoms with Crippen molar-refractivity contribution < 1.29 is 28.3 Å². The first-order chi connectivity index (χ1) is 13.9. The van der Waals surface area contributed by atoms with Gasteiger partial charge >= 0.3 is 5.97 Å². The van der Waals surface area contributed by atoms with E-state index in [0.717, 1.165) is 0 Å². The van der Waals surface area contributed by atoms with Gasteiger partial charge < -0.3 is 24.7 Å². The number of likely N-dealkylation sites (tertiary alicyclic amines) is 1. The number of hydrogen-bond acceptors (Lipinski definition) is 6. The summed E-state index contributed by atoms with van der Waals surface area (Å²) >= 11 is 0. The molecule has 0 spiro atoms. The van der Waals surface area contributed by atoms with Gasteiger partial charge in [0, 0.05) is 24.8 Å². The van der Waals surface area contributed by atoms with E-state index >= 15 is 0 Å². The van der Waals surface area contributed by atoms with Crippen LogP contribution in [0.1, 0.15) is 30.3 Å². The van der Waals surface area contributed by atoms with Gasteiger partial charge in [0.25, 0.3) is 11.8 Å². The summed E-state index contributed by atoms with van der Waals surface area (Å²) in [5.74, 6) is -1.55. The fraction of sp³-hybridized carbons (Fsp3) is 0.300. The summed E-state index contributed by atoms with van der Waals surface area (Å²) in [5.41, 5.74) is 1.10. The van der Waals surface area contributed by atoms with Crippen molar-refractivity contribution >= 4 is 35.1 Å². The molecular formula is C20H21N3O6. The van der Waals surface area contributed by atoms with Gasteiger partial charge in [0.15, 0.2) is 12.4 Å². The maximum absolute atomic E-state index is 12.4. The minimum absolute atomic E-state index is 0.158. The molecule has 0 bridgehead atoms. The van der Waals surface area contributed by atoms with E-state index in [9.17, 15) is 19.2 Å². The number of anilines is 2. The van der Waals surface area contributed by atoms with E-state index < -0.39 is 24.5 Å². The topological polar surface area (TPSA) is 118 Å². The van der Waals surface area contributed by atoms with Crippen LogP contribution in [0.5, 0.6) is 0 Å². The Labute approximate surface area is 167 Å². The third-order valence-electron chi connectivity index (χ3n) is 4.35. The summed E-state index contributed by atoms with van der Waals surface area (Å²) in [6.45, 7) is 1.36. The quantitative estimate of drug-likeness (QED) is 0.718. The SMILES string of the molecule is CC(=O)Nc1ccc(NC(=O)COC(=O)C2CCCN2C(=O)c2ccco2)cc1. The zero-order valence-electron chi connectivity index (χ0n) is 15.8. The molecule has 1 aliphatic rings. The van der Waals surface area contributed by atoms with Crippen molar-refractivity contribution in [3.63, 3.8) is 0 Å². The monoisotopic (exact) mass is 399 g/mol.